The van der Waals surface area contributed by atoms with E-state index in [-0.39, 0.29) is 12.4 Å². The number of carboxylic acid groups (broad SMARTS) is 1. The van der Waals surface area contributed by atoms with E-state index < -0.39 is 5.97 Å². The maximum absolute atomic E-state index is 10.8. The molecule has 1 saturated carbocycles. The summed E-state index contributed by atoms with van der Waals surface area (Å²) in [6.45, 7) is 0.176. The molecule has 5 heteroatoms. The summed E-state index contributed by atoms with van der Waals surface area (Å²) in [5.41, 5.74) is 0.376. The van der Waals surface area contributed by atoms with Gasteiger partial charge in [-0.2, -0.15) is 0 Å². The summed E-state index contributed by atoms with van der Waals surface area (Å²) in [5.74, 6) is -0.0354. The molecule has 82 valence electrons. The third-order valence-corrected chi connectivity index (χ3v) is 2.38. The van der Waals surface area contributed by atoms with Crippen LogP contribution in [0.3, 0.4) is 0 Å². The summed E-state index contributed by atoms with van der Waals surface area (Å²) in [6, 6.07) is 0. The summed E-state index contributed by atoms with van der Waals surface area (Å²) in [5, 5.41) is 8.87. The summed E-state index contributed by atoms with van der Waals surface area (Å²) < 4.78 is 10.1. The van der Waals surface area contributed by atoms with Crippen molar-refractivity contribution < 1.29 is 19.1 Å². The van der Waals surface area contributed by atoms with E-state index in [0.29, 0.717) is 17.5 Å². The predicted molar refractivity (Wildman–Crippen MR) is 50.6 cm³/mol. The van der Waals surface area contributed by atoms with Gasteiger partial charge in [-0.15, -0.1) is 0 Å². The maximum Gasteiger partial charge on any atom is 0.373 e. The van der Waals surface area contributed by atoms with Gasteiger partial charge in [0.05, 0.1) is 6.61 Å². The molecule has 1 aromatic heterocycles. The maximum atomic E-state index is 10.8. The number of methoxy groups -OCH3 is 1. The number of aromatic carboxylic acids is 1. The van der Waals surface area contributed by atoms with Crippen molar-refractivity contribution in [3.63, 3.8) is 0 Å². The number of hydrogen-bond acceptors (Lipinski definition) is 4. The molecule has 0 unspecified atom stereocenters. The molecule has 0 amide bonds. The number of carbonyl (C=O) groups is 1. The van der Waals surface area contributed by atoms with E-state index in [9.17, 15) is 4.79 Å². The van der Waals surface area contributed by atoms with Crippen molar-refractivity contribution in [3.05, 3.63) is 17.3 Å². The highest BCUT2D eigenvalue weighted by atomic mass is 16.5. The van der Waals surface area contributed by atoms with E-state index in [1.165, 1.54) is 20.0 Å². The zero-order chi connectivity index (χ0) is 10.8. The van der Waals surface area contributed by atoms with Crippen molar-refractivity contribution >= 4 is 5.97 Å². The second kappa shape index (κ2) is 4.02. The highest BCUT2D eigenvalue weighted by Crippen LogP contribution is 2.32. The third kappa shape index (κ3) is 2.36. The Morgan fingerprint density at radius 3 is 2.93 bits per heavy atom. The van der Waals surface area contributed by atoms with Crippen molar-refractivity contribution in [2.75, 3.05) is 7.11 Å². The first kappa shape index (κ1) is 10.2. The van der Waals surface area contributed by atoms with E-state index in [1.54, 1.807) is 0 Å². The first-order chi connectivity index (χ1) is 7.20. The second-order valence-electron chi connectivity index (χ2n) is 3.77. The monoisotopic (exact) mass is 211 g/mol. The summed E-state index contributed by atoms with van der Waals surface area (Å²) in [4.78, 5) is 15.0. The zero-order valence-electron chi connectivity index (χ0n) is 8.52. The highest BCUT2D eigenvalue weighted by molar-refractivity contribution is 5.85. The van der Waals surface area contributed by atoms with Gasteiger partial charge in [-0.1, -0.05) is 0 Å². The largest absolute Gasteiger partial charge is 0.475 e. The number of nitrogens with zero attached hydrogens (tertiary/aromatic N) is 1. The lowest BCUT2D eigenvalue weighted by Gasteiger charge is -1.92. The van der Waals surface area contributed by atoms with Gasteiger partial charge in [-0.3, -0.25) is 0 Å². The molecule has 2 rings (SSSR count). The summed E-state index contributed by atoms with van der Waals surface area (Å²) in [7, 11) is 1.50. The number of ether oxygens (including phenoxy) is 1. The molecule has 1 heterocycles. The van der Waals surface area contributed by atoms with Gasteiger partial charge >= 0.3 is 5.97 Å². The van der Waals surface area contributed by atoms with Gasteiger partial charge in [0.1, 0.15) is 5.69 Å². The Bertz CT molecular complexity index is 367. The lowest BCUT2D eigenvalue weighted by atomic mass is 10.3. The fourth-order valence-corrected chi connectivity index (χ4v) is 1.46. The van der Waals surface area contributed by atoms with E-state index in [4.69, 9.17) is 14.3 Å². The van der Waals surface area contributed by atoms with Crippen molar-refractivity contribution in [1.29, 1.82) is 0 Å². The van der Waals surface area contributed by atoms with Crippen LogP contribution in [0.25, 0.3) is 0 Å². The van der Waals surface area contributed by atoms with Crippen molar-refractivity contribution in [1.82, 2.24) is 4.98 Å². The van der Waals surface area contributed by atoms with Crippen LogP contribution < -0.4 is 0 Å². The van der Waals surface area contributed by atoms with Gasteiger partial charge in [0, 0.05) is 13.5 Å². The topological polar surface area (TPSA) is 72.6 Å². The molecule has 0 atom stereocenters. The van der Waals surface area contributed by atoms with Crippen LogP contribution in [-0.2, 0) is 17.8 Å². The lowest BCUT2D eigenvalue weighted by molar-refractivity contribution is 0.0653. The van der Waals surface area contributed by atoms with Gasteiger partial charge < -0.3 is 14.3 Å². The molecule has 0 bridgehead atoms. The summed E-state index contributed by atoms with van der Waals surface area (Å²) >= 11 is 0. The van der Waals surface area contributed by atoms with Crippen LogP contribution in [0.15, 0.2) is 4.42 Å². The number of hydrogen-bond donors (Lipinski definition) is 1. The van der Waals surface area contributed by atoms with Gasteiger partial charge in [0.2, 0.25) is 5.76 Å². The minimum absolute atomic E-state index is 0.0903. The smallest absolute Gasteiger partial charge is 0.373 e. The fourth-order valence-electron chi connectivity index (χ4n) is 1.46. The molecule has 0 saturated heterocycles. The molecule has 0 radical (unpaired) electrons. The Balaban J connectivity index is 2.17. The average Bonchev–Trinajstić information content (AvgIpc) is 2.88. The van der Waals surface area contributed by atoms with Crippen LogP contribution in [0.5, 0.6) is 0 Å². The quantitative estimate of drug-likeness (QED) is 0.798. The Hall–Kier alpha value is -1.36. The first-order valence-corrected chi connectivity index (χ1v) is 4.91. The zero-order valence-corrected chi connectivity index (χ0v) is 8.52. The van der Waals surface area contributed by atoms with Crippen LogP contribution in [0.2, 0.25) is 0 Å². The van der Waals surface area contributed by atoms with E-state index in [2.05, 4.69) is 4.98 Å². The first-order valence-electron chi connectivity index (χ1n) is 4.91. The molecule has 1 aliphatic rings. The summed E-state index contributed by atoms with van der Waals surface area (Å²) in [6.07, 6.45) is 3.11. The van der Waals surface area contributed by atoms with Crippen molar-refractivity contribution in [3.8, 4) is 0 Å². The normalized spacial score (nSPS) is 15.5. The molecule has 0 aromatic carbocycles. The fraction of sp³-hybridized carbons (Fsp3) is 0.600. The molecule has 1 aliphatic carbocycles. The van der Waals surface area contributed by atoms with E-state index in [1.807, 2.05) is 0 Å². The van der Waals surface area contributed by atoms with Crippen molar-refractivity contribution in [2.45, 2.75) is 25.9 Å². The number of oxazole rings is 1. The van der Waals surface area contributed by atoms with Crippen LogP contribution in [0.1, 0.15) is 35.0 Å². The van der Waals surface area contributed by atoms with Gasteiger partial charge in [0.25, 0.3) is 0 Å². The second-order valence-corrected chi connectivity index (χ2v) is 3.77. The van der Waals surface area contributed by atoms with E-state index in [0.717, 1.165) is 6.42 Å². The molecule has 1 aromatic rings. The Labute approximate surface area is 87.1 Å². The number of rotatable bonds is 5. The van der Waals surface area contributed by atoms with Crippen LogP contribution >= 0.6 is 0 Å². The molecule has 15 heavy (non-hydrogen) atoms. The lowest BCUT2D eigenvalue weighted by Crippen LogP contribution is -2.00. The highest BCUT2D eigenvalue weighted by Gasteiger charge is 2.26. The Kier molecular flexibility index (Phi) is 2.73. The standard InChI is InChI=1S/C10H13NO4/c1-14-5-7-9(10(12)13)15-8(11-7)4-6-2-3-6/h6H,2-5H2,1H3,(H,12,13). The molecular weight excluding hydrogens is 198 g/mol. The van der Waals surface area contributed by atoms with Gasteiger partial charge in [-0.05, 0) is 18.8 Å². The molecule has 5 nitrogen and oxygen atoms in total. The predicted octanol–water partition coefficient (Wildman–Crippen LogP) is 1.47. The Morgan fingerprint density at radius 2 is 2.40 bits per heavy atom. The number of aromatic nitrogens is 1. The molecule has 0 aliphatic heterocycles. The van der Waals surface area contributed by atoms with Crippen molar-refractivity contribution in [2.24, 2.45) is 5.92 Å². The van der Waals surface area contributed by atoms with Crippen LogP contribution in [-0.4, -0.2) is 23.2 Å². The molecule has 1 fully saturated rings. The minimum Gasteiger partial charge on any atom is -0.475 e. The average molecular weight is 211 g/mol. The van der Waals surface area contributed by atoms with Gasteiger partial charge in [-0.25, -0.2) is 9.78 Å². The van der Waals surface area contributed by atoms with E-state index >= 15 is 0 Å². The SMILES string of the molecule is COCc1nc(CC2CC2)oc1C(=O)O. The Morgan fingerprint density at radius 1 is 1.67 bits per heavy atom. The third-order valence-electron chi connectivity index (χ3n) is 2.38. The number of carboxylic acids is 1. The minimum atomic E-state index is -1.09. The van der Waals surface area contributed by atoms with Gasteiger partial charge in [0.15, 0.2) is 5.89 Å². The molecule has 1 N–H and O–H groups in total. The molecular formula is C10H13NO4. The van der Waals surface area contributed by atoms with Crippen LogP contribution in [0, 0.1) is 5.92 Å². The molecule has 0 spiro atoms. The van der Waals surface area contributed by atoms with Crippen LogP contribution in [0.4, 0.5) is 0 Å².